The first-order chi connectivity index (χ1) is 12.0. The predicted molar refractivity (Wildman–Crippen MR) is 111 cm³/mol. The molecule has 0 bridgehead atoms. The van der Waals surface area contributed by atoms with Crippen LogP contribution < -0.4 is 0 Å². The van der Waals surface area contributed by atoms with Gasteiger partial charge in [0.2, 0.25) is 0 Å². The summed E-state index contributed by atoms with van der Waals surface area (Å²) in [6, 6.07) is 0. The van der Waals surface area contributed by atoms with Gasteiger partial charge in [-0.15, -0.1) is 0 Å². The maximum absolute atomic E-state index is 6.03. The summed E-state index contributed by atoms with van der Waals surface area (Å²) in [5, 5.41) is 0. The van der Waals surface area contributed by atoms with Crippen molar-refractivity contribution in [2.24, 2.45) is 17.8 Å². The SMILES string of the molecule is CCCCC(C)COP(OCC(C)CCCC)OCC(C)CCCC. The Balaban J connectivity index is 4.24. The minimum Gasteiger partial charge on any atom is -0.312 e. The molecule has 25 heavy (non-hydrogen) atoms. The summed E-state index contributed by atoms with van der Waals surface area (Å²) in [4.78, 5) is 0. The van der Waals surface area contributed by atoms with Crippen molar-refractivity contribution in [3.63, 3.8) is 0 Å². The van der Waals surface area contributed by atoms with Gasteiger partial charge in [0.1, 0.15) is 0 Å². The summed E-state index contributed by atoms with van der Waals surface area (Å²) >= 11 is 0. The minimum absolute atomic E-state index is 0.576. The molecule has 4 heteroatoms. The topological polar surface area (TPSA) is 27.7 Å². The quantitative estimate of drug-likeness (QED) is 0.229. The molecule has 0 rings (SSSR count). The lowest BCUT2D eigenvalue weighted by Gasteiger charge is -2.22. The molecule has 3 unspecified atom stereocenters. The molecule has 0 spiro atoms. The van der Waals surface area contributed by atoms with Crippen LogP contribution in [0.15, 0.2) is 0 Å². The van der Waals surface area contributed by atoms with Crippen LogP contribution in [0.2, 0.25) is 0 Å². The fourth-order valence-electron chi connectivity index (χ4n) is 2.58. The molecule has 0 fully saturated rings. The van der Waals surface area contributed by atoms with E-state index in [1.807, 2.05) is 0 Å². The molecule has 0 N–H and O–H groups in total. The van der Waals surface area contributed by atoms with Gasteiger partial charge in [-0.2, -0.15) is 0 Å². The molecule has 0 aromatic carbocycles. The van der Waals surface area contributed by atoms with Gasteiger partial charge in [-0.25, -0.2) is 0 Å². The first-order valence-corrected chi connectivity index (χ1v) is 11.8. The highest BCUT2D eigenvalue weighted by Crippen LogP contribution is 2.41. The molecule has 0 heterocycles. The van der Waals surface area contributed by atoms with E-state index in [2.05, 4.69) is 41.5 Å². The van der Waals surface area contributed by atoms with E-state index in [0.717, 1.165) is 19.8 Å². The van der Waals surface area contributed by atoms with Gasteiger partial charge in [0.15, 0.2) is 0 Å². The standard InChI is InChI=1S/C21H45O3P/c1-7-10-13-19(4)16-22-25(23-17-20(5)14-11-8-2)24-18-21(6)15-12-9-3/h19-21H,7-18H2,1-6H3. The van der Waals surface area contributed by atoms with Crippen LogP contribution in [-0.2, 0) is 13.6 Å². The van der Waals surface area contributed by atoms with Gasteiger partial charge < -0.3 is 13.6 Å². The van der Waals surface area contributed by atoms with Gasteiger partial charge in [0.05, 0.1) is 19.8 Å². The highest BCUT2D eigenvalue weighted by Gasteiger charge is 2.17. The van der Waals surface area contributed by atoms with Crippen LogP contribution >= 0.6 is 8.60 Å². The molecule has 152 valence electrons. The van der Waals surface area contributed by atoms with Gasteiger partial charge in [-0.3, -0.25) is 0 Å². The van der Waals surface area contributed by atoms with Crippen LogP contribution in [0.3, 0.4) is 0 Å². The van der Waals surface area contributed by atoms with Crippen molar-refractivity contribution in [1.82, 2.24) is 0 Å². The fourth-order valence-corrected chi connectivity index (χ4v) is 3.94. The molecular formula is C21H45O3P. The third-order valence-corrected chi connectivity index (χ3v) is 5.62. The van der Waals surface area contributed by atoms with E-state index in [1.54, 1.807) is 0 Å². The summed E-state index contributed by atoms with van der Waals surface area (Å²) in [5.41, 5.74) is 0. The average molecular weight is 377 g/mol. The van der Waals surface area contributed by atoms with Crippen molar-refractivity contribution in [2.45, 2.75) is 99.3 Å². The number of hydrogen-bond acceptors (Lipinski definition) is 3. The van der Waals surface area contributed by atoms with E-state index in [-0.39, 0.29) is 0 Å². The van der Waals surface area contributed by atoms with E-state index in [9.17, 15) is 0 Å². The Morgan fingerprint density at radius 2 is 0.840 bits per heavy atom. The van der Waals surface area contributed by atoms with Crippen LogP contribution in [-0.4, -0.2) is 19.8 Å². The zero-order chi connectivity index (χ0) is 18.9. The first-order valence-electron chi connectivity index (χ1n) is 10.7. The lowest BCUT2D eigenvalue weighted by atomic mass is 10.1. The Morgan fingerprint density at radius 3 is 1.08 bits per heavy atom. The van der Waals surface area contributed by atoms with Crippen LogP contribution in [0.5, 0.6) is 0 Å². The molecule has 0 amide bonds. The third kappa shape index (κ3) is 16.2. The van der Waals surface area contributed by atoms with Crippen molar-refractivity contribution >= 4 is 8.60 Å². The predicted octanol–water partition coefficient (Wildman–Crippen LogP) is 7.74. The molecule has 0 aliphatic heterocycles. The average Bonchev–Trinajstić information content (AvgIpc) is 2.61. The maximum Gasteiger partial charge on any atom is 0.332 e. The molecular weight excluding hydrogens is 331 g/mol. The largest absolute Gasteiger partial charge is 0.332 e. The van der Waals surface area contributed by atoms with Crippen molar-refractivity contribution in [1.29, 1.82) is 0 Å². The highest BCUT2D eigenvalue weighted by molar-refractivity contribution is 7.41. The van der Waals surface area contributed by atoms with Crippen molar-refractivity contribution in [3.05, 3.63) is 0 Å². The molecule has 0 aliphatic rings. The Bertz CT molecular complexity index is 233. The molecule has 0 aromatic rings. The Kier molecular flexibility index (Phi) is 17.9. The van der Waals surface area contributed by atoms with Gasteiger partial charge >= 0.3 is 8.60 Å². The smallest absolute Gasteiger partial charge is 0.312 e. The lowest BCUT2D eigenvalue weighted by Crippen LogP contribution is -2.11. The molecule has 0 saturated heterocycles. The number of hydrogen-bond donors (Lipinski definition) is 0. The van der Waals surface area contributed by atoms with Crippen LogP contribution in [0, 0.1) is 17.8 Å². The number of rotatable bonds is 18. The molecule has 3 atom stereocenters. The van der Waals surface area contributed by atoms with Crippen molar-refractivity contribution < 1.29 is 13.6 Å². The maximum atomic E-state index is 6.03. The van der Waals surface area contributed by atoms with Crippen LogP contribution in [0.25, 0.3) is 0 Å². The number of unbranched alkanes of at least 4 members (excludes halogenated alkanes) is 3. The monoisotopic (exact) mass is 376 g/mol. The molecule has 3 nitrogen and oxygen atoms in total. The lowest BCUT2D eigenvalue weighted by molar-refractivity contribution is 0.118. The van der Waals surface area contributed by atoms with Gasteiger partial charge in [0, 0.05) is 0 Å². The van der Waals surface area contributed by atoms with E-state index in [1.165, 1.54) is 57.8 Å². The Morgan fingerprint density at radius 1 is 0.560 bits per heavy atom. The van der Waals surface area contributed by atoms with Crippen molar-refractivity contribution in [3.8, 4) is 0 Å². The van der Waals surface area contributed by atoms with E-state index in [4.69, 9.17) is 13.6 Å². The Hall–Kier alpha value is 0.310. The second-order valence-electron chi connectivity index (χ2n) is 7.85. The van der Waals surface area contributed by atoms with E-state index < -0.39 is 8.60 Å². The normalized spacial score (nSPS) is 16.6. The summed E-state index contributed by atoms with van der Waals surface area (Å²) in [6.07, 6.45) is 11.2. The summed E-state index contributed by atoms with van der Waals surface area (Å²) in [6.45, 7) is 15.7. The molecule has 0 saturated carbocycles. The van der Waals surface area contributed by atoms with Gasteiger partial charge in [0.25, 0.3) is 0 Å². The van der Waals surface area contributed by atoms with Crippen LogP contribution in [0.1, 0.15) is 99.3 Å². The van der Waals surface area contributed by atoms with E-state index in [0.29, 0.717) is 17.8 Å². The fraction of sp³-hybridized carbons (Fsp3) is 1.00. The third-order valence-electron chi connectivity index (χ3n) is 4.54. The molecule has 0 aromatic heterocycles. The summed E-state index contributed by atoms with van der Waals surface area (Å²) in [5.74, 6) is 1.73. The summed E-state index contributed by atoms with van der Waals surface area (Å²) < 4.78 is 18.1. The summed E-state index contributed by atoms with van der Waals surface area (Å²) in [7, 11) is -1.20. The molecule has 0 aliphatic carbocycles. The van der Waals surface area contributed by atoms with Crippen molar-refractivity contribution in [2.75, 3.05) is 19.8 Å². The minimum atomic E-state index is -1.20. The zero-order valence-corrected chi connectivity index (χ0v) is 18.8. The first kappa shape index (κ1) is 25.3. The van der Waals surface area contributed by atoms with E-state index >= 15 is 0 Å². The second-order valence-corrected chi connectivity index (χ2v) is 9.07. The second kappa shape index (κ2) is 17.7. The highest BCUT2D eigenvalue weighted by atomic mass is 31.2. The molecule has 0 radical (unpaired) electrons. The zero-order valence-electron chi connectivity index (χ0n) is 17.9. The van der Waals surface area contributed by atoms with Gasteiger partial charge in [-0.1, -0.05) is 80.1 Å². The van der Waals surface area contributed by atoms with Crippen LogP contribution in [0.4, 0.5) is 0 Å². The van der Waals surface area contributed by atoms with Gasteiger partial charge in [-0.05, 0) is 37.0 Å². The Labute approximate surface area is 159 Å².